The predicted molar refractivity (Wildman–Crippen MR) is 72.5 cm³/mol. The first-order chi connectivity index (χ1) is 9.10. The van der Waals surface area contributed by atoms with Crippen molar-refractivity contribution in [3.05, 3.63) is 46.7 Å². The molecule has 0 spiro atoms. The number of aromatic nitrogens is 3. The van der Waals surface area contributed by atoms with Gasteiger partial charge in [0.1, 0.15) is 23.4 Å². The molecule has 2 aromatic heterocycles. The molecule has 2 heterocycles. The van der Waals surface area contributed by atoms with Crippen molar-refractivity contribution in [1.29, 1.82) is 5.26 Å². The number of nitriles is 1. The third-order valence-electron chi connectivity index (χ3n) is 2.90. The van der Waals surface area contributed by atoms with E-state index in [0.717, 1.165) is 28.5 Å². The van der Waals surface area contributed by atoms with Crippen LogP contribution in [0.15, 0.2) is 18.3 Å². The fourth-order valence-corrected chi connectivity index (χ4v) is 1.77. The molecule has 5 heteroatoms. The Bertz CT molecular complexity index is 643. The van der Waals surface area contributed by atoms with E-state index in [1.54, 1.807) is 12.3 Å². The van der Waals surface area contributed by atoms with Crippen LogP contribution in [-0.4, -0.2) is 15.0 Å². The van der Waals surface area contributed by atoms with E-state index in [9.17, 15) is 0 Å². The third-order valence-corrected chi connectivity index (χ3v) is 2.90. The fraction of sp³-hybridized carbons (Fsp3) is 0.286. The molecule has 0 radical (unpaired) electrons. The minimum absolute atomic E-state index is 0.422. The van der Waals surface area contributed by atoms with Crippen LogP contribution in [0.4, 0.5) is 5.82 Å². The summed E-state index contributed by atoms with van der Waals surface area (Å²) in [5.74, 6) is 1.58. The molecule has 0 aliphatic carbocycles. The summed E-state index contributed by atoms with van der Waals surface area (Å²) in [5.41, 5.74) is 3.44. The van der Waals surface area contributed by atoms with Crippen molar-refractivity contribution in [1.82, 2.24) is 15.0 Å². The predicted octanol–water partition coefficient (Wildman–Crippen LogP) is 2.28. The SMILES string of the molecule is Cc1nc(C)c(C)c(NCc2ccnc(C#N)c2)n1. The maximum absolute atomic E-state index is 8.81. The van der Waals surface area contributed by atoms with Crippen molar-refractivity contribution in [2.75, 3.05) is 5.32 Å². The Kier molecular flexibility index (Phi) is 3.71. The smallest absolute Gasteiger partial charge is 0.140 e. The number of nitrogens with one attached hydrogen (secondary N) is 1. The van der Waals surface area contributed by atoms with Crippen molar-refractivity contribution in [3.8, 4) is 6.07 Å². The lowest BCUT2D eigenvalue weighted by Crippen LogP contribution is -2.07. The van der Waals surface area contributed by atoms with E-state index in [0.29, 0.717) is 12.2 Å². The fourth-order valence-electron chi connectivity index (χ4n) is 1.77. The van der Waals surface area contributed by atoms with Crippen LogP contribution in [0.25, 0.3) is 0 Å². The van der Waals surface area contributed by atoms with E-state index in [2.05, 4.69) is 20.3 Å². The van der Waals surface area contributed by atoms with E-state index in [1.807, 2.05) is 32.9 Å². The zero-order valence-corrected chi connectivity index (χ0v) is 11.2. The van der Waals surface area contributed by atoms with Crippen LogP contribution in [0.3, 0.4) is 0 Å². The number of rotatable bonds is 3. The lowest BCUT2D eigenvalue weighted by Gasteiger charge is -2.11. The number of nitrogens with zero attached hydrogens (tertiary/aromatic N) is 4. The first-order valence-corrected chi connectivity index (χ1v) is 6.01. The van der Waals surface area contributed by atoms with Gasteiger partial charge in [-0.3, -0.25) is 0 Å². The van der Waals surface area contributed by atoms with Gasteiger partial charge in [-0.1, -0.05) is 0 Å². The topological polar surface area (TPSA) is 74.5 Å². The molecule has 5 nitrogen and oxygen atoms in total. The Balaban J connectivity index is 2.17. The number of anilines is 1. The second-order valence-corrected chi connectivity index (χ2v) is 4.34. The highest BCUT2D eigenvalue weighted by atomic mass is 15.0. The second-order valence-electron chi connectivity index (χ2n) is 4.34. The molecule has 0 atom stereocenters. The van der Waals surface area contributed by atoms with E-state index < -0.39 is 0 Å². The van der Waals surface area contributed by atoms with Crippen LogP contribution in [0.2, 0.25) is 0 Å². The zero-order valence-electron chi connectivity index (χ0n) is 11.2. The van der Waals surface area contributed by atoms with Gasteiger partial charge in [0.15, 0.2) is 0 Å². The number of hydrogen-bond acceptors (Lipinski definition) is 5. The van der Waals surface area contributed by atoms with Gasteiger partial charge in [0.25, 0.3) is 0 Å². The Labute approximate surface area is 112 Å². The first kappa shape index (κ1) is 13.0. The summed E-state index contributed by atoms with van der Waals surface area (Å²) in [4.78, 5) is 12.6. The second kappa shape index (κ2) is 5.44. The summed E-state index contributed by atoms with van der Waals surface area (Å²) in [6.45, 7) is 6.44. The zero-order chi connectivity index (χ0) is 13.8. The molecule has 2 rings (SSSR count). The van der Waals surface area contributed by atoms with Crippen LogP contribution in [0.1, 0.15) is 28.3 Å². The summed E-state index contributed by atoms with van der Waals surface area (Å²) < 4.78 is 0. The third kappa shape index (κ3) is 3.05. The molecule has 96 valence electrons. The first-order valence-electron chi connectivity index (χ1n) is 6.01. The standard InChI is InChI=1S/C14H15N5/c1-9-10(2)18-11(3)19-14(9)17-8-12-4-5-16-13(6-12)7-15/h4-6H,8H2,1-3H3,(H,17,18,19). The quantitative estimate of drug-likeness (QED) is 0.908. The summed E-state index contributed by atoms with van der Waals surface area (Å²) in [6, 6.07) is 5.68. The molecular formula is C14H15N5. The van der Waals surface area contributed by atoms with Crippen LogP contribution in [0.5, 0.6) is 0 Å². The van der Waals surface area contributed by atoms with E-state index in [4.69, 9.17) is 5.26 Å². The van der Waals surface area contributed by atoms with Gasteiger partial charge < -0.3 is 5.32 Å². The minimum atomic E-state index is 0.422. The van der Waals surface area contributed by atoms with Crippen molar-refractivity contribution in [3.63, 3.8) is 0 Å². The van der Waals surface area contributed by atoms with Gasteiger partial charge >= 0.3 is 0 Å². The monoisotopic (exact) mass is 253 g/mol. The molecule has 0 saturated heterocycles. The van der Waals surface area contributed by atoms with Gasteiger partial charge in [0.05, 0.1) is 0 Å². The Morgan fingerprint density at radius 3 is 2.79 bits per heavy atom. The van der Waals surface area contributed by atoms with Crippen molar-refractivity contribution in [2.45, 2.75) is 27.3 Å². The van der Waals surface area contributed by atoms with Crippen LogP contribution < -0.4 is 5.32 Å². The molecule has 0 saturated carbocycles. The van der Waals surface area contributed by atoms with Crippen molar-refractivity contribution < 1.29 is 0 Å². The summed E-state index contributed by atoms with van der Waals surface area (Å²) in [7, 11) is 0. The van der Waals surface area contributed by atoms with Crippen molar-refractivity contribution in [2.24, 2.45) is 0 Å². The number of hydrogen-bond donors (Lipinski definition) is 1. The van der Waals surface area contributed by atoms with Crippen LogP contribution in [-0.2, 0) is 6.54 Å². The maximum Gasteiger partial charge on any atom is 0.140 e. The van der Waals surface area contributed by atoms with E-state index in [-0.39, 0.29) is 0 Å². The lowest BCUT2D eigenvalue weighted by atomic mass is 10.2. The van der Waals surface area contributed by atoms with E-state index >= 15 is 0 Å². The lowest BCUT2D eigenvalue weighted by molar-refractivity contribution is 0.967. The van der Waals surface area contributed by atoms with Crippen LogP contribution in [0, 0.1) is 32.1 Å². The molecule has 0 bridgehead atoms. The average molecular weight is 253 g/mol. The van der Waals surface area contributed by atoms with Gasteiger partial charge in [-0.2, -0.15) is 5.26 Å². The summed E-state index contributed by atoms with van der Waals surface area (Å²) in [5, 5.41) is 12.1. The maximum atomic E-state index is 8.81. The van der Waals surface area contributed by atoms with Gasteiger partial charge in [-0.25, -0.2) is 15.0 Å². The Hall–Kier alpha value is -2.48. The molecule has 0 aliphatic heterocycles. The number of pyridine rings is 1. The molecule has 0 unspecified atom stereocenters. The highest BCUT2D eigenvalue weighted by Gasteiger charge is 2.05. The van der Waals surface area contributed by atoms with Gasteiger partial charge in [0.2, 0.25) is 0 Å². The minimum Gasteiger partial charge on any atom is -0.366 e. The summed E-state index contributed by atoms with van der Waals surface area (Å²) in [6.07, 6.45) is 1.64. The van der Waals surface area contributed by atoms with Gasteiger partial charge in [-0.05, 0) is 38.5 Å². The molecular weight excluding hydrogens is 238 g/mol. The molecule has 0 aromatic carbocycles. The molecule has 0 aliphatic rings. The van der Waals surface area contributed by atoms with Crippen molar-refractivity contribution >= 4 is 5.82 Å². The molecule has 1 N–H and O–H groups in total. The van der Waals surface area contributed by atoms with Gasteiger partial charge in [0, 0.05) is 24.0 Å². The van der Waals surface area contributed by atoms with Gasteiger partial charge in [-0.15, -0.1) is 0 Å². The normalized spacial score (nSPS) is 10.0. The molecule has 0 fully saturated rings. The number of aryl methyl sites for hydroxylation is 2. The molecule has 0 amide bonds. The molecule has 19 heavy (non-hydrogen) atoms. The van der Waals surface area contributed by atoms with Crippen LogP contribution >= 0.6 is 0 Å². The highest BCUT2D eigenvalue weighted by molar-refractivity contribution is 5.46. The Morgan fingerprint density at radius 1 is 1.26 bits per heavy atom. The highest BCUT2D eigenvalue weighted by Crippen LogP contribution is 2.15. The Morgan fingerprint density at radius 2 is 2.05 bits per heavy atom. The molecule has 2 aromatic rings. The largest absolute Gasteiger partial charge is 0.366 e. The average Bonchev–Trinajstić information content (AvgIpc) is 2.41. The summed E-state index contributed by atoms with van der Waals surface area (Å²) >= 11 is 0. The van der Waals surface area contributed by atoms with E-state index in [1.165, 1.54) is 0 Å².